The quantitative estimate of drug-likeness (QED) is 0.790. The largest absolute Gasteiger partial charge is 0.304 e. The second-order valence-electron chi connectivity index (χ2n) is 5.38. The fourth-order valence-electron chi connectivity index (χ4n) is 2.79. The van der Waals surface area contributed by atoms with Crippen LogP contribution in [0, 0.1) is 5.92 Å². The molecule has 1 aliphatic heterocycles. The molecule has 3 nitrogen and oxygen atoms in total. The van der Waals surface area contributed by atoms with Crippen LogP contribution >= 0.6 is 0 Å². The minimum atomic E-state index is 0.574. The molecule has 0 N–H and O–H groups in total. The molecule has 0 aromatic carbocycles. The van der Waals surface area contributed by atoms with Gasteiger partial charge in [0.1, 0.15) is 0 Å². The zero-order chi connectivity index (χ0) is 11.7. The number of piperazine rings is 1. The van der Waals surface area contributed by atoms with Crippen LogP contribution in [0.2, 0.25) is 0 Å². The van der Waals surface area contributed by atoms with Crippen molar-refractivity contribution in [1.82, 2.24) is 14.8 Å². The molecule has 0 radical (unpaired) electrons. The Balaban J connectivity index is 1.76. The number of rotatable bonds is 3. The normalized spacial score (nSPS) is 24.8. The Bertz CT molecular complexity index is 353. The van der Waals surface area contributed by atoms with E-state index in [-0.39, 0.29) is 0 Å². The van der Waals surface area contributed by atoms with Gasteiger partial charge in [0, 0.05) is 32.4 Å². The van der Waals surface area contributed by atoms with Gasteiger partial charge in [0.05, 0.1) is 11.7 Å². The van der Waals surface area contributed by atoms with E-state index in [1.54, 1.807) is 0 Å². The number of likely N-dealkylation sites (N-methyl/N-ethyl adjacent to an activating group) is 1. The van der Waals surface area contributed by atoms with Gasteiger partial charge in [-0.2, -0.15) is 0 Å². The summed E-state index contributed by atoms with van der Waals surface area (Å²) in [6.07, 6.45) is 4.70. The van der Waals surface area contributed by atoms with E-state index in [1.165, 1.54) is 44.7 Å². The van der Waals surface area contributed by atoms with Crippen molar-refractivity contribution in [2.75, 3.05) is 33.2 Å². The third-order valence-electron chi connectivity index (χ3n) is 3.99. The summed E-state index contributed by atoms with van der Waals surface area (Å²) in [4.78, 5) is 9.63. The molecule has 1 aromatic rings. The van der Waals surface area contributed by atoms with Crippen molar-refractivity contribution in [3.63, 3.8) is 0 Å². The minimum Gasteiger partial charge on any atom is -0.304 e. The van der Waals surface area contributed by atoms with E-state index < -0.39 is 0 Å². The summed E-state index contributed by atoms with van der Waals surface area (Å²) in [6.45, 7) is 4.76. The fourth-order valence-corrected chi connectivity index (χ4v) is 2.79. The van der Waals surface area contributed by atoms with E-state index in [0.717, 1.165) is 5.92 Å². The number of aromatic nitrogens is 1. The maximum Gasteiger partial charge on any atom is 0.0578 e. The van der Waals surface area contributed by atoms with Crippen molar-refractivity contribution in [3.8, 4) is 0 Å². The van der Waals surface area contributed by atoms with Crippen LogP contribution in [0.4, 0.5) is 0 Å². The van der Waals surface area contributed by atoms with E-state index in [0.29, 0.717) is 6.04 Å². The highest BCUT2D eigenvalue weighted by Gasteiger charge is 2.37. The monoisotopic (exact) mass is 231 g/mol. The molecule has 17 heavy (non-hydrogen) atoms. The standard InChI is InChI=1S/C14H21N3/c1-16-8-10-17(11-9-16)14(12-5-6-12)13-4-2-3-7-15-13/h2-4,7,12,14H,5-6,8-11H2,1H3. The highest BCUT2D eigenvalue weighted by molar-refractivity contribution is 5.13. The Labute approximate surface area is 103 Å². The second-order valence-corrected chi connectivity index (χ2v) is 5.38. The lowest BCUT2D eigenvalue weighted by Crippen LogP contribution is -2.46. The van der Waals surface area contributed by atoms with Gasteiger partial charge < -0.3 is 4.90 Å². The third-order valence-corrected chi connectivity index (χ3v) is 3.99. The SMILES string of the molecule is CN1CCN(C(c2ccccn2)C2CC2)CC1. The molecule has 3 rings (SSSR count). The van der Waals surface area contributed by atoms with E-state index in [9.17, 15) is 0 Å². The molecule has 1 saturated heterocycles. The lowest BCUT2D eigenvalue weighted by molar-refractivity contribution is 0.0983. The first kappa shape index (κ1) is 11.2. The van der Waals surface area contributed by atoms with Gasteiger partial charge in [-0.3, -0.25) is 9.88 Å². The Kier molecular flexibility index (Phi) is 3.12. The Hall–Kier alpha value is -0.930. The zero-order valence-corrected chi connectivity index (χ0v) is 10.5. The molecular formula is C14H21N3. The van der Waals surface area contributed by atoms with Crippen LogP contribution in [0.3, 0.4) is 0 Å². The van der Waals surface area contributed by atoms with Crippen molar-refractivity contribution in [1.29, 1.82) is 0 Å². The van der Waals surface area contributed by atoms with E-state index in [4.69, 9.17) is 0 Å². The van der Waals surface area contributed by atoms with Gasteiger partial charge in [-0.25, -0.2) is 0 Å². The Morgan fingerprint density at radius 3 is 2.53 bits per heavy atom. The van der Waals surface area contributed by atoms with Gasteiger partial charge in [0.15, 0.2) is 0 Å². The van der Waals surface area contributed by atoms with Crippen molar-refractivity contribution in [3.05, 3.63) is 30.1 Å². The van der Waals surface area contributed by atoms with Gasteiger partial charge in [-0.15, -0.1) is 0 Å². The highest BCUT2D eigenvalue weighted by atomic mass is 15.3. The number of hydrogen-bond acceptors (Lipinski definition) is 3. The van der Waals surface area contributed by atoms with Crippen molar-refractivity contribution in [2.24, 2.45) is 5.92 Å². The molecule has 92 valence electrons. The van der Waals surface area contributed by atoms with Crippen molar-refractivity contribution in [2.45, 2.75) is 18.9 Å². The molecule has 3 heteroatoms. The summed E-state index contributed by atoms with van der Waals surface area (Å²) < 4.78 is 0. The van der Waals surface area contributed by atoms with Crippen LogP contribution in [0.15, 0.2) is 24.4 Å². The van der Waals surface area contributed by atoms with Gasteiger partial charge in [0.2, 0.25) is 0 Å². The average molecular weight is 231 g/mol. The first-order valence-corrected chi connectivity index (χ1v) is 6.68. The summed E-state index contributed by atoms with van der Waals surface area (Å²) in [7, 11) is 2.21. The van der Waals surface area contributed by atoms with Crippen LogP contribution in [0.25, 0.3) is 0 Å². The van der Waals surface area contributed by atoms with Crippen LogP contribution < -0.4 is 0 Å². The third kappa shape index (κ3) is 2.50. The van der Waals surface area contributed by atoms with Crippen LogP contribution in [0.1, 0.15) is 24.6 Å². The number of pyridine rings is 1. The lowest BCUT2D eigenvalue weighted by Gasteiger charge is -2.37. The molecule has 2 heterocycles. The molecule has 1 aromatic heterocycles. The smallest absolute Gasteiger partial charge is 0.0578 e. The van der Waals surface area contributed by atoms with Gasteiger partial charge in [-0.1, -0.05) is 6.07 Å². The van der Waals surface area contributed by atoms with Gasteiger partial charge in [-0.05, 0) is 37.9 Å². The average Bonchev–Trinajstić information content (AvgIpc) is 3.18. The van der Waals surface area contributed by atoms with Gasteiger partial charge >= 0.3 is 0 Å². The summed E-state index contributed by atoms with van der Waals surface area (Å²) >= 11 is 0. The van der Waals surface area contributed by atoms with Crippen LogP contribution in [0.5, 0.6) is 0 Å². The van der Waals surface area contributed by atoms with Gasteiger partial charge in [0.25, 0.3) is 0 Å². The molecule has 1 unspecified atom stereocenters. The Morgan fingerprint density at radius 1 is 1.18 bits per heavy atom. The van der Waals surface area contributed by atoms with Crippen molar-refractivity contribution < 1.29 is 0 Å². The predicted octanol–water partition coefficient (Wildman–Crippen LogP) is 1.78. The predicted molar refractivity (Wildman–Crippen MR) is 68.8 cm³/mol. The summed E-state index contributed by atoms with van der Waals surface area (Å²) in [5, 5.41) is 0. The molecule has 0 amide bonds. The zero-order valence-electron chi connectivity index (χ0n) is 10.5. The maximum atomic E-state index is 4.58. The molecule has 2 aliphatic rings. The Morgan fingerprint density at radius 2 is 1.94 bits per heavy atom. The molecule has 1 atom stereocenters. The summed E-state index contributed by atoms with van der Waals surface area (Å²) in [5.74, 6) is 0.855. The second kappa shape index (κ2) is 4.75. The van der Waals surface area contributed by atoms with E-state index in [2.05, 4.69) is 34.0 Å². The van der Waals surface area contributed by atoms with Crippen molar-refractivity contribution >= 4 is 0 Å². The molecule has 2 fully saturated rings. The molecule has 1 saturated carbocycles. The van der Waals surface area contributed by atoms with Crippen LogP contribution in [-0.4, -0.2) is 48.0 Å². The van der Waals surface area contributed by atoms with Crippen LogP contribution in [-0.2, 0) is 0 Å². The molecule has 0 bridgehead atoms. The summed E-state index contributed by atoms with van der Waals surface area (Å²) in [6, 6.07) is 6.90. The van der Waals surface area contributed by atoms with E-state index in [1.807, 2.05) is 12.3 Å². The topological polar surface area (TPSA) is 19.4 Å². The number of hydrogen-bond donors (Lipinski definition) is 0. The number of nitrogens with zero attached hydrogens (tertiary/aromatic N) is 3. The van der Waals surface area contributed by atoms with E-state index >= 15 is 0 Å². The molecule has 1 aliphatic carbocycles. The minimum absolute atomic E-state index is 0.574. The fraction of sp³-hybridized carbons (Fsp3) is 0.643. The first-order valence-electron chi connectivity index (χ1n) is 6.68. The maximum absolute atomic E-state index is 4.58. The molecule has 0 spiro atoms. The lowest BCUT2D eigenvalue weighted by atomic mass is 10.0. The molecular weight excluding hydrogens is 210 g/mol. The summed E-state index contributed by atoms with van der Waals surface area (Å²) in [5.41, 5.74) is 1.28. The highest BCUT2D eigenvalue weighted by Crippen LogP contribution is 2.44. The first-order chi connectivity index (χ1) is 8.34.